The molecule has 1 aromatic rings. The highest BCUT2D eigenvalue weighted by molar-refractivity contribution is 9.10. The number of anilines is 2. The molecular weight excluding hydrogens is 260 g/mol. The molecule has 2 rings (SSSR count). The molecule has 1 atom stereocenters. The zero-order chi connectivity index (χ0) is 10.8. The molecular formula is C9H13BrN4O. The topological polar surface area (TPSA) is 64.3 Å². The van der Waals surface area contributed by atoms with Gasteiger partial charge in [-0.2, -0.15) is 4.98 Å². The molecule has 1 aromatic heterocycles. The van der Waals surface area contributed by atoms with Crippen LogP contribution in [0, 0.1) is 0 Å². The minimum absolute atomic E-state index is 0.298. The van der Waals surface area contributed by atoms with Crippen LogP contribution in [0.5, 0.6) is 0 Å². The van der Waals surface area contributed by atoms with Crippen LogP contribution in [-0.2, 0) is 4.74 Å². The number of hydrogen-bond acceptors (Lipinski definition) is 5. The van der Waals surface area contributed by atoms with Gasteiger partial charge in [0, 0.05) is 12.7 Å². The predicted octanol–water partition coefficient (Wildman–Crippen LogP) is 1.05. The van der Waals surface area contributed by atoms with Gasteiger partial charge in [-0.05, 0) is 22.9 Å². The number of rotatable bonds is 1. The fourth-order valence-electron chi connectivity index (χ4n) is 1.61. The van der Waals surface area contributed by atoms with E-state index < -0.39 is 0 Å². The van der Waals surface area contributed by atoms with E-state index in [1.165, 1.54) is 0 Å². The van der Waals surface area contributed by atoms with Crippen LogP contribution in [0.15, 0.2) is 10.7 Å². The first kappa shape index (κ1) is 10.6. The van der Waals surface area contributed by atoms with Crippen molar-refractivity contribution in [3.05, 3.63) is 10.7 Å². The second kappa shape index (κ2) is 4.32. The lowest BCUT2D eigenvalue weighted by Gasteiger charge is -2.34. The first-order valence-corrected chi connectivity index (χ1v) is 5.60. The number of nitrogens with zero attached hydrogens (tertiary/aromatic N) is 3. The third-order valence-electron chi connectivity index (χ3n) is 2.38. The van der Waals surface area contributed by atoms with Crippen molar-refractivity contribution in [2.75, 3.05) is 30.4 Å². The molecule has 1 aliphatic heterocycles. The van der Waals surface area contributed by atoms with Gasteiger partial charge in [-0.3, -0.25) is 0 Å². The summed E-state index contributed by atoms with van der Waals surface area (Å²) in [5.41, 5.74) is 5.58. The van der Waals surface area contributed by atoms with Crippen LogP contribution < -0.4 is 10.6 Å². The van der Waals surface area contributed by atoms with Gasteiger partial charge in [-0.1, -0.05) is 0 Å². The van der Waals surface area contributed by atoms with Crippen LogP contribution in [0.1, 0.15) is 6.92 Å². The van der Waals surface area contributed by atoms with E-state index >= 15 is 0 Å². The van der Waals surface area contributed by atoms with E-state index in [0.29, 0.717) is 12.0 Å². The standard InChI is InChI=1S/C9H13BrN4O/c1-6-5-15-3-2-14(6)8-7(10)4-12-9(11)13-8/h4,6H,2-3,5H2,1H3,(H2,11,12,13). The number of ether oxygens (including phenoxy) is 1. The number of nitrogens with two attached hydrogens (primary N) is 1. The summed E-state index contributed by atoms with van der Waals surface area (Å²) in [5, 5.41) is 0. The van der Waals surface area contributed by atoms with Crippen LogP contribution >= 0.6 is 15.9 Å². The molecule has 0 spiro atoms. The van der Waals surface area contributed by atoms with Gasteiger partial charge in [0.1, 0.15) is 5.82 Å². The molecule has 1 aliphatic rings. The van der Waals surface area contributed by atoms with Crippen molar-refractivity contribution in [3.8, 4) is 0 Å². The molecule has 1 fully saturated rings. The lowest BCUT2D eigenvalue weighted by Crippen LogP contribution is -2.44. The minimum atomic E-state index is 0.298. The first-order chi connectivity index (χ1) is 7.18. The summed E-state index contributed by atoms with van der Waals surface area (Å²) in [7, 11) is 0. The van der Waals surface area contributed by atoms with E-state index in [1.807, 2.05) is 0 Å². The summed E-state index contributed by atoms with van der Waals surface area (Å²) in [4.78, 5) is 10.3. The molecule has 0 saturated carbocycles. The van der Waals surface area contributed by atoms with Crippen molar-refractivity contribution < 1.29 is 4.74 Å². The van der Waals surface area contributed by atoms with Gasteiger partial charge in [0.15, 0.2) is 0 Å². The normalized spacial score (nSPS) is 21.7. The van der Waals surface area contributed by atoms with E-state index in [2.05, 4.69) is 37.7 Å². The van der Waals surface area contributed by atoms with Crippen LogP contribution in [-0.4, -0.2) is 35.8 Å². The maximum absolute atomic E-state index is 5.58. The van der Waals surface area contributed by atoms with Gasteiger partial charge in [0.25, 0.3) is 0 Å². The maximum atomic E-state index is 5.58. The zero-order valence-corrected chi connectivity index (χ0v) is 10.1. The average molecular weight is 273 g/mol. The van der Waals surface area contributed by atoms with E-state index in [4.69, 9.17) is 10.5 Å². The van der Waals surface area contributed by atoms with E-state index in [0.717, 1.165) is 30.0 Å². The van der Waals surface area contributed by atoms with Gasteiger partial charge in [-0.15, -0.1) is 0 Å². The highest BCUT2D eigenvalue weighted by Gasteiger charge is 2.22. The van der Waals surface area contributed by atoms with E-state index in [1.54, 1.807) is 6.20 Å². The van der Waals surface area contributed by atoms with Gasteiger partial charge in [0.05, 0.1) is 23.7 Å². The average Bonchev–Trinajstić information content (AvgIpc) is 2.23. The predicted molar refractivity (Wildman–Crippen MR) is 61.8 cm³/mol. The molecule has 0 amide bonds. The Morgan fingerprint density at radius 2 is 2.47 bits per heavy atom. The zero-order valence-electron chi connectivity index (χ0n) is 8.48. The smallest absolute Gasteiger partial charge is 0.222 e. The molecule has 15 heavy (non-hydrogen) atoms. The van der Waals surface area contributed by atoms with Crippen LogP contribution in [0.4, 0.5) is 11.8 Å². The van der Waals surface area contributed by atoms with Crippen molar-refractivity contribution in [3.63, 3.8) is 0 Å². The second-order valence-corrected chi connectivity index (χ2v) is 4.37. The number of nitrogen functional groups attached to an aromatic ring is 1. The lowest BCUT2D eigenvalue weighted by atomic mass is 10.2. The fraction of sp³-hybridized carbons (Fsp3) is 0.556. The number of hydrogen-bond donors (Lipinski definition) is 1. The minimum Gasteiger partial charge on any atom is -0.377 e. The molecule has 6 heteroatoms. The molecule has 2 N–H and O–H groups in total. The summed E-state index contributed by atoms with van der Waals surface area (Å²) in [6.07, 6.45) is 1.68. The number of halogens is 1. The fourth-order valence-corrected chi connectivity index (χ4v) is 2.03. The third kappa shape index (κ3) is 2.21. The molecule has 0 radical (unpaired) electrons. The first-order valence-electron chi connectivity index (χ1n) is 4.81. The number of morpholine rings is 1. The molecule has 0 aromatic carbocycles. The quantitative estimate of drug-likeness (QED) is 0.828. The van der Waals surface area contributed by atoms with Crippen molar-refractivity contribution in [1.29, 1.82) is 0 Å². The van der Waals surface area contributed by atoms with Crippen molar-refractivity contribution in [2.24, 2.45) is 0 Å². The Morgan fingerprint density at radius 3 is 3.20 bits per heavy atom. The Kier molecular flexibility index (Phi) is 3.06. The molecule has 1 saturated heterocycles. The summed E-state index contributed by atoms with van der Waals surface area (Å²) >= 11 is 3.43. The lowest BCUT2D eigenvalue weighted by molar-refractivity contribution is 0.0984. The molecule has 2 heterocycles. The highest BCUT2D eigenvalue weighted by atomic mass is 79.9. The largest absolute Gasteiger partial charge is 0.377 e. The maximum Gasteiger partial charge on any atom is 0.222 e. The highest BCUT2D eigenvalue weighted by Crippen LogP contribution is 2.26. The van der Waals surface area contributed by atoms with E-state index in [9.17, 15) is 0 Å². The summed E-state index contributed by atoms with van der Waals surface area (Å²) in [6.45, 7) is 4.37. The Hall–Kier alpha value is -0.880. The van der Waals surface area contributed by atoms with Crippen molar-refractivity contribution in [1.82, 2.24) is 9.97 Å². The van der Waals surface area contributed by atoms with Crippen LogP contribution in [0.2, 0.25) is 0 Å². The SMILES string of the molecule is CC1COCCN1c1nc(N)ncc1Br. The molecule has 1 unspecified atom stereocenters. The summed E-state index contributed by atoms with van der Waals surface area (Å²) in [5.74, 6) is 1.14. The monoisotopic (exact) mass is 272 g/mol. The number of aromatic nitrogens is 2. The Bertz CT molecular complexity index is 360. The van der Waals surface area contributed by atoms with Crippen molar-refractivity contribution >= 4 is 27.7 Å². The molecule has 0 aliphatic carbocycles. The van der Waals surface area contributed by atoms with Gasteiger partial charge >= 0.3 is 0 Å². The van der Waals surface area contributed by atoms with E-state index in [-0.39, 0.29) is 0 Å². The molecule has 0 bridgehead atoms. The molecule has 5 nitrogen and oxygen atoms in total. The van der Waals surface area contributed by atoms with Gasteiger partial charge < -0.3 is 15.4 Å². The second-order valence-electron chi connectivity index (χ2n) is 3.52. The van der Waals surface area contributed by atoms with Crippen LogP contribution in [0.3, 0.4) is 0 Å². The Morgan fingerprint density at radius 1 is 1.67 bits per heavy atom. The van der Waals surface area contributed by atoms with Crippen molar-refractivity contribution in [2.45, 2.75) is 13.0 Å². The summed E-state index contributed by atoms with van der Waals surface area (Å²) in [6, 6.07) is 0.310. The van der Waals surface area contributed by atoms with Gasteiger partial charge in [-0.25, -0.2) is 4.98 Å². The van der Waals surface area contributed by atoms with Crippen LogP contribution in [0.25, 0.3) is 0 Å². The third-order valence-corrected chi connectivity index (χ3v) is 2.94. The summed E-state index contributed by atoms with van der Waals surface area (Å²) < 4.78 is 6.24. The Balaban J connectivity index is 2.30. The Labute approximate surface area is 96.8 Å². The van der Waals surface area contributed by atoms with Gasteiger partial charge in [0.2, 0.25) is 5.95 Å². The molecule has 82 valence electrons.